The van der Waals surface area contributed by atoms with Gasteiger partial charge in [0, 0.05) is 11.1 Å². The zero-order valence-electron chi connectivity index (χ0n) is 10.9. The van der Waals surface area contributed by atoms with Crippen molar-refractivity contribution in [3.8, 4) is 5.75 Å². The van der Waals surface area contributed by atoms with Crippen LogP contribution >= 0.6 is 0 Å². The highest BCUT2D eigenvalue weighted by atomic mass is 16.3. The maximum absolute atomic E-state index is 10.2. The Labute approximate surface area is 104 Å². The number of hydrogen-bond donors (Lipinski definition) is 2. The Morgan fingerprint density at radius 3 is 2.35 bits per heavy atom. The Morgan fingerprint density at radius 2 is 1.82 bits per heavy atom. The Kier molecular flexibility index (Phi) is 3.43. The highest BCUT2D eigenvalue weighted by Crippen LogP contribution is 2.39. The van der Waals surface area contributed by atoms with Crippen LogP contribution in [-0.4, -0.2) is 5.11 Å². The molecule has 0 aliphatic heterocycles. The van der Waals surface area contributed by atoms with Crippen molar-refractivity contribution >= 4 is 0 Å². The third-order valence-electron chi connectivity index (χ3n) is 3.97. The highest BCUT2D eigenvalue weighted by Gasteiger charge is 2.31. The first-order valence-corrected chi connectivity index (χ1v) is 6.65. The van der Waals surface area contributed by atoms with Gasteiger partial charge in [0.1, 0.15) is 5.75 Å². The third-order valence-corrected chi connectivity index (χ3v) is 3.97. The van der Waals surface area contributed by atoms with Crippen molar-refractivity contribution in [3.63, 3.8) is 0 Å². The molecule has 1 fully saturated rings. The normalized spacial score (nSPS) is 19.5. The van der Waals surface area contributed by atoms with Gasteiger partial charge < -0.3 is 10.8 Å². The van der Waals surface area contributed by atoms with Crippen molar-refractivity contribution in [1.29, 1.82) is 0 Å². The van der Waals surface area contributed by atoms with Crippen LogP contribution in [0.4, 0.5) is 0 Å². The number of aromatic hydroxyl groups is 1. The zero-order chi connectivity index (χ0) is 12.5. The lowest BCUT2D eigenvalue weighted by molar-refractivity contribution is 0.292. The van der Waals surface area contributed by atoms with Gasteiger partial charge in [0.25, 0.3) is 0 Å². The summed E-state index contributed by atoms with van der Waals surface area (Å²) in [6, 6.07) is 6.00. The van der Waals surface area contributed by atoms with E-state index in [0.29, 0.717) is 11.7 Å². The predicted octanol–water partition coefficient (Wildman–Crippen LogP) is 3.63. The second-order valence-corrected chi connectivity index (χ2v) is 5.65. The minimum atomic E-state index is -0.308. The predicted molar refractivity (Wildman–Crippen MR) is 71.1 cm³/mol. The summed E-state index contributed by atoms with van der Waals surface area (Å²) in [6.07, 6.45) is 5.58. The molecule has 0 amide bonds. The van der Waals surface area contributed by atoms with Crippen LogP contribution in [0.25, 0.3) is 0 Å². The van der Waals surface area contributed by atoms with Crippen molar-refractivity contribution in [2.45, 2.75) is 57.4 Å². The van der Waals surface area contributed by atoms with Crippen LogP contribution in [0.15, 0.2) is 18.2 Å². The smallest absolute Gasteiger partial charge is 0.120 e. The molecule has 0 radical (unpaired) electrons. The third kappa shape index (κ3) is 2.47. The van der Waals surface area contributed by atoms with E-state index in [1.807, 2.05) is 12.1 Å². The van der Waals surface area contributed by atoms with Gasteiger partial charge in [-0.3, -0.25) is 0 Å². The van der Waals surface area contributed by atoms with Crippen molar-refractivity contribution in [2.75, 3.05) is 0 Å². The van der Waals surface area contributed by atoms with Crippen molar-refractivity contribution in [3.05, 3.63) is 29.3 Å². The maximum atomic E-state index is 10.2. The molecule has 17 heavy (non-hydrogen) atoms. The molecule has 94 valence electrons. The molecule has 2 rings (SSSR count). The first-order valence-electron chi connectivity index (χ1n) is 6.65. The van der Waals surface area contributed by atoms with Gasteiger partial charge in [0.05, 0.1) is 0 Å². The molecule has 1 aliphatic carbocycles. The molecule has 3 N–H and O–H groups in total. The summed E-state index contributed by atoms with van der Waals surface area (Å²) in [5.41, 5.74) is 8.24. The molecular formula is C15H23NO. The van der Waals surface area contributed by atoms with E-state index >= 15 is 0 Å². The molecule has 0 heterocycles. The van der Waals surface area contributed by atoms with Gasteiger partial charge >= 0.3 is 0 Å². The molecule has 1 aliphatic rings. The van der Waals surface area contributed by atoms with Gasteiger partial charge in [-0.05, 0) is 30.4 Å². The lowest BCUT2D eigenvalue weighted by Crippen LogP contribution is -2.38. The van der Waals surface area contributed by atoms with Gasteiger partial charge in [-0.1, -0.05) is 45.2 Å². The summed E-state index contributed by atoms with van der Waals surface area (Å²) in [5.74, 6) is 0.815. The fourth-order valence-corrected chi connectivity index (χ4v) is 2.78. The minimum Gasteiger partial charge on any atom is -0.508 e. The monoisotopic (exact) mass is 233 g/mol. The molecule has 0 saturated heterocycles. The Balaban J connectivity index is 2.32. The Bertz CT molecular complexity index is 392. The largest absolute Gasteiger partial charge is 0.508 e. The van der Waals surface area contributed by atoms with Crippen molar-refractivity contribution in [2.24, 2.45) is 5.73 Å². The van der Waals surface area contributed by atoms with Crippen LogP contribution in [0.3, 0.4) is 0 Å². The van der Waals surface area contributed by atoms with E-state index in [2.05, 4.69) is 19.9 Å². The Morgan fingerprint density at radius 1 is 1.18 bits per heavy atom. The molecular weight excluding hydrogens is 210 g/mol. The van der Waals surface area contributed by atoms with Crippen LogP contribution in [0.1, 0.15) is 63.0 Å². The minimum absolute atomic E-state index is 0.308. The first kappa shape index (κ1) is 12.4. The van der Waals surface area contributed by atoms with Gasteiger partial charge in [0.2, 0.25) is 0 Å². The highest BCUT2D eigenvalue weighted by molar-refractivity contribution is 5.42. The second kappa shape index (κ2) is 4.69. The molecule has 0 atom stereocenters. The average molecular weight is 233 g/mol. The number of benzene rings is 1. The number of rotatable bonds is 2. The van der Waals surface area contributed by atoms with E-state index in [0.717, 1.165) is 18.4 Å². The van der Waals surface area contributed by atoms with Crippen molar-refractivity contribution in [1.82, 2.24) is 0 Å². The fraction of sp³-hybridized carbons (Fsp3) is 0.600. The summed E-state index contributed by atoms with van der Waals surface area (Å²) < 4.78 is 0. The standard InChI is InChI=1S/C15H23NO/c1-11(2)12-6-7-13(14(17)10-12)15(16)8-4-3-5-9-15/h6-7,10-11,17H,3-5,8-9,16H2,1-2H3. The summed E-state index contributed by atoms with van der Waals surface area (Å²) in [4.78, 5) is 0. The number of hydrogen-bond acceptors (Lipinski definition) is 2. The SMILES string of the molecule is CC(C)c1ccc(C2(N)CCCCC2)c(O)c1. The average Bonchev–Trinajstić information content (AvgIpc) is 2.29. The molecule has 1 saturated carbocycles. The molecule has 2 nitrogen and oxygen atoms in total. The van der Waals surface area contributed by atoms with E-state index < -0.39 is 0 Å². The molecule has 0 unspecified atom stereocenters. The first-order chi connectivity index (χ1) is 8.03. The van der Waals surface area contributed by atoms with Gasteiger partial charge in [0.15, 0.2) is 0 Å². The van der Waals surface area contributed by atoms with E-state index in [9.17, 15) is 5.11 Å². The molecule has 0 spiro atoms. The van der Waals surface area contributed by atoms with Crippen LogP contribution in [0.2, 0.25) is 0 Å². The van der Waals surface area contributed by atoms with Gasteiger partial charge in [-0.25, -0.2) is 0 Å². The van der Waals surface area contributed by atoms with Crippen LogP contribution < -0.4 is 5.73 Å². The summed E-state index contributed by atoms with van der Waals surface area (Å²) in [7, 11) is 0. The van der Waals surface area contributed by atoms with Crippen LogP contribution in [0, 0.1) is 0 Å². The topological polar surface area (TPSA) is 46.2 Å². The second-order valence-electron chi connectivity index (χ2n) is 5.65. The number of phenolic OH excluding ortho intramolecular Hbond substituents is 1. The number of phenols is 1. The molecule has 1 aromatic carbocycles. The van der Waals surface area contributed by atoms with Crippen molar-refractivity contribution < 1.29 is 5.11 Å². The summed E-state index contributed by atoms with van der Waals surface area (Å²) >= 11 is 0. The quantitative estimate of drug-likeness (QED) is 0.819. The lowest BCUT2D eigenvalue weighted by atomic mass is 9.76. The molecule has 2 heteroatoms. The van der Waals surface area contributed by atoms with E-state index in [1.54, 1.807) is 0 Å². The van der Waals surface area contributed by atoms with E-state index in [-0.39, 0.29) is 5.54 Å². The van der Waals surface area contributed by atoms with E-state index in [1.165, 1.54) is 24.8 Å². The summed E-state index contributed by atoms with van der Waals surface area (Å²) in [5, 5.41) is 10.2. The fourth-order valence-electron chi connectivity index (χ4n) is 2.78. The Hall–Kier alpha value is -1.02. The molecule has 0 aromatic heterocycles. The molecule has 1 aromatic rings. The van der Waals surface area contributed by atoms with Gasteiger partial charge in [-0.2, -0.15) is 0 Å². The zero-order valence-corrected chi connectivity index (χ0v) is 10.9. The summed E-state index contributed by atoms with van der Waals surface area (Å²) in [6.45, 7) is 4.26. The molecule has 0 bridgehead atoms. The maximum Gasteiger partial charge on any atom is 0.120 e. The van der Waals surface area contributed by atoms with E-state index in [4.69, 9.17) is 5.73 Å². The number of nitrogens with two attached hydrogens (primary N) is 1. The van der Waals surface area contributed by atoms with Crippen LogP contribution in [-0.2, 0) is 5.54 Å². The van der Waals surface area contributed by atoms with Crippen LogP contribution in [0.5, 0.6) is 5.75 Å². The lowest BCUT2D eigenvalue weighted by Gasteiger charge is -2.34. The van der Waals surface area contributed by atoms with Gasteiger partial charge in [-0.15, -0.1) is 0 Å².